The van der Waals surface area contributed by atoms with Gasteiger partial charge in [0.1, 0.15) is 5.01 Å². The molecular formula is C9H8ClN3O2S2. The smallest absolute Gasteiger partial charge is 0.231 e. The number of nitrogens with zero attached hydrogens (tertiary/aromatic N) is 2. The number of benzene rings is 1. The molecule has 1 aromatic heterocycles. The largest absolute Gasteiger partial charge is 0.257 e. The average molecular weight is 290 g/mol. The monoisotopic (exact) mass is 289 g/mol. The number of hydrogen-bond donors (Lipinski definition) is 1. The van der Waals surface area contributed by atoms with Gasteiger partial charge in [-0.3, -0.25) is 4.72 Å². The van der Waals surface area contributed by atoms with Crippen LogP contribution in [0, 0.1) is 0 Å². The summed E-state index contributed by atoms with van der Waals surface area (Å²) in [6, 6.07) is 7.07. The van der Waals surface area contributed by atoms with Gasteiger partial charge in [-0.15, -0.1) is 10.2 Å². The van der Waals surface area contributed by atoms with Crippen molar-refractivity contribution in [2.45, 2.75) is 0 Å². The highest BCUT2D eigenvalue weighted by Crippen LogP contribution is 2.27. The highest BCUT2D eigenvalue weighted by atomic mass is 35.5. The second kappa shape index (κ2) is 4.59. The molecule has 0 aliphatic rings. The van der Waals surface area contributed by atoms with Crippen molar-refractivity contribution in [1.29, 1.82) is 0 Å². The summed E-state index contributed by atoms with van der Waals surface area (Å²) in [5.41, 5.74) is 0.841. The minimum Gasteiger partial charge on any atom is -0.257 e. The third kappa shape index (κ3) is 3.39. The zero-order valence-corrected chi connectivity index (χ0v) is 11.1. The predicted octanol–water partition coefficient (Wildman–Crippen LogP) is 2.23. The molecule has 1 N–H and O–H groups in total. The van der Waals surface area contributed by atoms with E-state index in [2.05, 4.69) is 14.9 Å². The zero-order valence-electron chi connectivity index (χ0n) is 8.71. The minimum absolute atomic E-state index is 0.248. The van der Waals surface area contributed by atoms with Crippen LogP contribution < -0.4 is 4.72 Å². The summed E-state index contributed by atoms with van der Waals surface area (Å²) in [4.78, 5) is 0. The highest BCUT2D eigenvalue weighted by molar-refractivity contribution is 7.92. The number of halogens is 1. The first-order chi connectivity index (χ1) is 7.94. The van der Waals surface area contributed by atoms with Gasteiger partial charge < -0.3 is 0 Å². The molecule has 2 rings (SSSR count). The van der Waals surface area contributed by atoms with Crippen LogP contribution in [-0.4, -0.2) is 24.9 Å². The van der Waals surface area contributed by atoms with Gasteiger partial charge in [0.25, 0.3) is 0 Å². The number of anilines is 1. The lowest BCUT2D eigenvalue weighted by atomic mass is 10.2. The SMILES string of the molecule is CS(=O)(=O)Nc1nnc(-c2ccc(Cl)cc2)s1. The Balaban J connectivity index is 2.27. The van der Waals surface area contributed by atoms with E-state index >= 15 is 0 Å². The Morgan fingerprint density at radius 3 is 2.47 bits per heavy atom. The Morgan fingerprint density at radius 1 is 1.24 bits per heavy atom. The lowest BCUT2D eigenvalue weighted by molar-refractivity contribution is 0.606. The van der Waals surface area contributed by atoms with Crippen molar-refractivity contribution in [2.75, 3.05) is 11.0 Å². The molecule has 0 radical (unpaired) electrons. The molecule has 0 saturated carbocycles. The zero-order chi connectivity index (χ0) is 12.5. The van der Waals surface area contributed by atoms with Crippen molar-refractivity contribution in [3.8, 4) is 10.6 Å². The maximum Gasteiger partial charge on any atom is 0.231 e. The average Bonchev–Trinajstić information content (AvgIpc) is 2.64. The molecule has 2 aromatic rings. The molecule has 8 heteroatoms. The summed E-state index contributed by atoms with van der Waals surface area (Å²) in [6.07, 6.45) is 1.07. The summed E-state index contributed by atoms with van der Waals surface area (Å²) in [7, 11) is -3.32. The lowest BCUT2D eigenvalue weighted by Gasteiger charge is -1.96. The molecule has 0 aliphatic heterocycles. The molecule has 0 fully saturated rings. The fourth-order valence-electron chi connectivity index (χ4n) is 1.13. The Hall–Kier alpha value is -1.18. The van der Waals surface area contributed by atoms with E-state index in [1.165, 1.54) is 0 Å². The first kappa shape index (κ1) is 12.3. The Labute approximate surface area is 108 Å². The topological polar surface area (TPSA) is 72.0 Å². The molecule has 1 heterocycles. The molecule has 0 bridgehead atoms. The van der Waals surface area contributed by atoms with Crippen molar-refractivity contribution in [3.63, 3.8) is 0 Å². The van der Waals surface area contributed by atoms with Crippen LogP contribution in [0.25, 0.3) is 10.6 Å². The summed E-state index contributed by atoms with van der Waals surface area (Å²) in [5, 5.41) is 9.16. The summed E-state index contributed by atoms with van der Waals surface area (Å²) >= 11 is 6.93. The summed E-state index contributed by atoms with van der Waals surface area (Å²) < 4.78 is 24.3. The van der Waals surface area contributed by atoms with Crippen LogP contribution in [0.1, 0.15) is 0 Å². The van der Waals surface area contributed by atoms with Crippen molar-refractivity contribution >= 4 is 38.1 Å². The minimum atomic E-state index is -3.32. The highest BCUT2D eigenvalue weighted by Gasteiger charge is 2.09. The van der Waals surface area contributed by atoms with Gasteiger partial charge in [0.15, 0.2) is 0 Å². The summed E-state index contributed by atoms with van der Waals surface area (Å²) in [5.74, 6) is 0. The van der Waals surface area contributed by atoms with Crippen LogP contribution in [0.5, 0.6) is 0 Å². The van der Waals surface area contributed by atoms with Gasteiger partial charge in [-0.05, 0) is 12.1 Å². The normalized spacial score (nSPS) is 11.4. The van der Waals surface area contributed by atoms with E-state index in [1.807, 2.05) is 0 Å². The van der Waals surface area contributed by atoms with E-state index in [4.69, 9.17) is 11.6 Å². The molecule has 0 saturated heterocycles. The molecule has 5 nitrogen and oxygen atoms in total. The van der Waals surface area contributed by atoms with Crippen LogP contribution in [0.15, 0.2) is 24.3 Å². The number of sulfonamides is 1. The molecular weight excluding hydrogens is 282 g/mol. The Bertz CT molecular complexity index is 622. The van der Waals surface area contributed by atoms with E-state index in [0.29, 0.717) is 10.0 Å². The van der Waals surface area contributed by atoms with Gasteiger partial charge in [0.05, 0.1) is 6.26 Å². The molecule has 0 amide bonds. The van der Waals surface area contributed by atoms with Crippen molar-refractivity contribution < 1.29 is 8.42 Å². The fraction of sp³-hybridized carbons (Fsp3) is 0.111. The fourth-order valence-corrected chi connectivity index (χ4v) is 2.84. The maximum absolute atomic E-state index is 11.0. The first-order valence-corrected chi connectivity index (χ1v) is 7.60. The first-order valence-electron chi connectivity index (χ1n) is 4.51. The van der Waals surface area contributed by atoms with Crippen molar-refractivity contribution in [3.05, 3.63) is 29.3 Å². The van der Waals surface area contributed by atoms with E-state index in [0.717, 1.165) is 23.2 Å². The van der Waals surface area contributed by atoms with Gasteiger partial charge in [-0.1, -0.05) is 35.1 Å². The van der Waals surface area contributed by atoms with Gasteiger partial charge in [0, 0.05) is 10.6 Å². The molecule has 0 unspecified atom stereocenters. The third-order valence-electron chi connectivity index (χ3n) is 1.79. The molecule has 0 aliphatic carbocycles. The van der Waals surface area contributed by atoms with E-state index in [9.17, 15) is 8.42 Å². The van der Waals surface area contributed by atoms with Crippen LogP contribution in [0.3, 0.4) is 0 Å². The van der Waals surface area contributed by atoms with Gasteiger partial charge >= 0.3 is 0 Å². The Morgan fingerprint density at radius 2 is 1.88 bits per heavy atom. The number of hydrogen-bond acceptors (Lipinski definition) is 5. The van der Waals surface area contributed by atoms with E-state index in [1.54, 1.807) is 24.3 Å². The quantitative estimate of drug-likeness (QED) is 0.940. The third-order valence-corrected chi connectivity index (χ3v) is 3.62. The van der Waals surface area contributed by atoms with Crippen LogP contribution in [0.4, 0.5) is 5.13 Å². The molecule has 90 valence electrons. The number of nitrogens with one attached hydrogen (secondary N) is 1. The second-order valence-electron chi connectivity index (χ2n) is 3.29. The summed E-state index contributed by atoms with van der Waals surface area (Å²) in [6.45, 7) is 0. The standard InChI is InChI=1S/C9H8ClN3O2S2/c1-17(14,15)13-9-12-11-8(16-9)6-2-4-7(10)5-3-6/h2-5H,1H3,(H,12,13). The number of rotatable bonds is 3. The van der Waals surface area contributed by atoms with Gasteiger partial charge in [-0.2, -0.15) is 0 Å². The second-order valence-corrected chi connectivity index (χ2v) is 6.46. The van der Waals surface area contributed by atoms with Crippen molar-refractivity contribution in [1.82, 2.24) is 10.2 Å². The van der Waals surface area contributed by atoms with Crippen LogP contribution in [-0.2, 0) is 10.0 Å². The molecule has 1 aromatic carbocycles. The maximum atomic E-state index is 11.0. The van der Waals surface area contributed by atoms with Crippen LogP contribution in [0.2, 0.25) is 5.02 Å². The van der Waals surface area contributed by atoms with E-state index < -0.39 is 10.0 Å². The van der Waals surface area contributed by atoms with E-state index in [-0.39, 0.29) is 5.13 Å². The van der Waals surface area contributed by atoms with Gasteiger partial charge in [-0.25, -0.2) is 8.42 Å². The van der Waals surface area contributed by atoms with Crippen LogP contribution >= 0.6 is 22.9 Å². The molecule has 0 spiro atoms. The predicted molar refractivity (Wildman–Crippen MR) is 68.8 cm³/mol. The lowest BCUT2D eigenvalue weighted by Crippen LogP contribution is -2.08. The molecule has 0 atom stereocenters. The molecule has 17 heavy (non-hydrogen) atoms. The van der Waals surface area contributed by atoms with Gasteiger partial charge in [0.2, 0.25) is 15.2 Å². The van der Waals surface area contributed by atoms with Crippen molar-refractivity contribution in [2.24, 2.45) is 0 Å². The number of aromatic nitrogens is 2. The Kier molecular flexibility index (Phi) is 3.32.